The molecule has 1 aliphatic rings. The molecule has 0 bridgehead atoms. The second-order valence-corrected chi connectivity index (χ2v) is 3.73. The molecule has 1 heteroatoms. The van der Waals surface area contributed by atoms with E-state index in [4.69, 9.17) is 4.74 Å². The van der Waals surface area contributed by atoms with Crippen LogP contribution in [-0.4, -0.2) is 13.2 Å². The van der Waals surface area contributed by atoms with Crippen LogP contribution in [0, 0.1) is 5.92 Å². The molecule has 0 saturated heterocycles. The Kier molecular flexibility index (Phi) is 3.73. The third kappa shape index (κ3) is 2.02. The van der Waals surface area contributed by atoms with Crippen molar-refractivity contribution in [3.05, 3.63) is 23.3 Å². The molecule has 0 amide bonds. The van der Waals surface area contributed by atoms with E-state index in [0.29, 0.717) is 12.0 Å². The molecule has 1 aliphatic carbocycles. The summed E-state index contributed by atoms with van der Waals surface area (Å²) < 4.78 is 5.53. The topological polar surface area (TPSA) is 9.23 Å². The SMILES string of the molecule is C/C=C1/CCC(C)C(OC)/C1=C/C. The average Bonchev–Trinajstić information content (AvgIpc) is 2.17. The lowest BCUT2D eigenvalue weighted by Gasteiger charge is -2.32. The van der Waals surface area contributed by atoms with Gasteiger partial charge in [0.1, 0.15) is 0 Å². The Hall–Kier alpha value is -0.560. The Labute approximate surface area is 81.5 Å². The summed E-state index contributed by atoms with van der Waals surface area (Å²) in [5.74, 6) is 0.653. The van der Waals surface area contributed by atoms with Crippen molar-refractivity contribution in [1.82, 2.24) is 0 Å². The molecule has 0 radical (unpaired) electrons. The van der Waals surface area contributed by atoms with Crippen LogP contribution in [0.5, 0.6) is 0 Å². The zero-order chi connectivity index (χ0) is 9.84. The molecule has 1 saturated carbocycles. The molecule has 2 atom stereocenters. The first-order chi connectivity index (χ1) is 6.24. The monoisotopic (exact) mass is 180 g/mol. The highest BCUT2D eigenvalue weighted by molar-refractivity contribution is 5.36. The average molecular weight is 180 g/mol. The number of hydrogen-bond acceptors (Lipinski definition) is 1. The molecule has 0 spiro atoms. The van der Waals surface area contributed by atoms with Gasteiger partial charge in [0.2, 0.25) is 0 Å². The van der Waals surface area contributed by atoms with Gasteiger partial charge < -0.3 is 4.74 Å². The maximum Gasteiger partial charge on any atom is 0.0846 e. The van der Waals surface area contributed by atoms with E-state index in [-0.39, 0.29) is 0 Å². The molecule has 0 heterocycles. The molecule has 1 rings (SSSR count). The molecule has 74 valence electrons. The van der Waals surface area contributed by atoms with Crippen molar-refractivity contribution in [2.75, 3.05) is 7.11 Å². The Bertz CT molecular complexity index is 225. The van der Waals surface area contributed by atoms with Crippen molar-refractivity contribution in [1.29, 1.82) is 0 Å². The number of allylic oxidation sites excluding steroid dienone is 2. The normalized spacial score (nSPS) is 35.7. The second-order valence-electron chi connectivity index (χ2n) is 3.73. The first-order valence-electron chi connectivity index (χ1n) is 5.09. The summed E-state index contributed by atoms with van der Waals surface area (Å²) in [6, 6.07) is 0. The smallest absolute Gasteiger partial charge is 0.0846 e. The summed E-state index contributed by atoms with van der Waals surface area (Å²) in [4.78, 5) is 0. The zero-order valence-corrected chi connectivity index (χ0v) is 9.13. The third-order valence-corrected chi connectivity index (χ3v) is 2.98. The first kappa shape index (κ1) is 10.5. The van der Waals surface area contributed by atoms with E-state index in [0.717, 1.165) is 0 Å². The lowest BCUT2D eigenvalue weighted by Crippen LogP contribution is -2.28. The standard InChI is InChI=1S/C12H20O/c1-5-10-8-7-9(3)12(13-4)11(10)6-2/h5-6,9,12H,7-8H2,1-4H3/b10-5-,11-6+. The van der Waals surface area contributed by atoms with Crippen LogP contribution < -0.4 is 0 Å². The summed E-state index contributed by atoms with van der Waals surface area (Å²) in [5, 5.41) is 0. The Morgan fingerprint density at radius 3 is 2.46 bits per heavy atom. The quantitative estimate of drug-likeness (QED) is 0.601. The lowest BCUT2D eigenvalue weighted by atomic mass is 9.80. The van der Waals surface area contributed by atoms with Gasteiger partial charge in [0.25, 0.3) is 0 Å². The van der Waals surface area contributed by atoms with Crippen LogP contribution in [-0.2, 0) is 4.74 Å². The van der Waals surface area contributed by atoms with Crippen LogP contribution in [0.3, 0.4) is 0 Å². The maximum absolute atomic E-state index is 5.53. The lowest BCUT2D eigenvalue weighted by molar-refractivity contribution is 0.0776. The van der Waals surface area contributed by atoms with Crippen molar-refractivity contribution in [3.63, 3.8) is 0 Å². The zero-order valence-electron chi connectivity index (χ0n) is 9.13. The highest BCUT2D eigenvalue weighted by atomic mass is 16.5. The van der Waals surface area contributed by atoms with Gasteiger partial charge in [-0.1, -0.05) is 19.1 Å². The van der Waals surface area contributed by atoms with E-state index in [1.165, 1.54) is 24.0 Å². The van der Waals surface area contributed by atoms with E-state index in [2.05, 4.69) is 32.9 Å². The van der Waals surface area contributed by atoms with Crippen LogP contribution in [0.15, 0.2) is 23.3 Å². The van der Waals surface area contributed by atoms with E-state index >= 15 is 0 Å². The molecular weight excluding hydrogens is 160 g/mol. The summed E-state index contributed by atoms with van der Waals surface area (Å²) >= 11 is 0. The van der Waals surface area contributed by atoms with E-state index in [9.17, 15) is 0 Å². The molecule has 1 nitrogen and oxygen atoms in total. The maximum atomic E-state index is 5.53. The summed E-state index contributed by atoms with van der Waals surface area (Å²) in [5.41, 5.74) is 2.86. The van der Waals surface area contributed by atoms with Gasteiger partial charge in [0.15, 0.2) is 0 Å². The fourth-order valence-corrected chi connectivity index (χ4v) is 2.19. The van der Waals surface area contributed by atoms with Gasteiger partial charge in [-0.2, -0.15) is 0 Å². The molecule has 0 aromatic rings. The Morgan fingerprint density at radius 1 is 1.31 bits per heavy atom. The molecule has 2 unspecified atom stereocenters. The van der Waals surface area contributed by atoms with E-state index in [1.807, 2.05) is 7.11 Å². The fraction of sp³-hybridized carbons (Fsp3) is 0.667. The van der Waals surface area contributed by atoms with Gasteiger partial charge in [-0.25, -0.2) is 0 Å². The molecule has 1 fully saturated rings. The van der Waals surface area contributed by atoms with Crippen LogP contribution >= 0.6 is 0 Å². The van der Waals surface area contributed by atoms with Gasteiger partial charge in [-0.3, -0.25) is 0 Å². The molecule has 13 heavy (non-hydrogen) atoms. The van der Waals surface area contributed by atoms with Crippen LogP contribution in [0.1, 0.15) is 33.6 Å². The van der Waals surface area contributed by atoms with Crippen LogP contribution in [0.2, 0.25) is 0 Å². The van der Waals surface area contributed by atoms with Crippen molar-refractivity contribution >= 4 is 0 Å². The number of ether oxygens (including phenoxy) is 1. The minimum absolute atomic E-state index is 0.310. The number of hydrogen-bond donors (Lipinski definition) is 0. The predicted molar refractivity (Wildman–Crippen MR) is 56.7 cm³/mol. The van der Waals surface area contributed by atoms with Gasteiger partial charge in [0, 0.05) is 7.11 Å². The fourth-order valence-electron chi connectivity index (χ4n) is 2.19. The summed E-state index contributed by atoms with van der Waals surface area (Å²) in [6.07, 6.45) is 7.17. The highest BCUT2D eigenvalue weighted by Crippen LogP contribution is 2.34. The molecule has 0 aromatic carbocycles. The Balaban J connectivity index is 2.90. The number of rotatable bonds is 1. The van der Waals surface area contributed by atoms with Crippen molar-refractivity contribution in [3.8, 4) is 0 Å². The molecule has 0 aliphatic heterocycles. The van der Waals surface area contributed by atoms with Gasteiger partial charge in [-0.15, -0.1) is 0 Å². The van der Waals surface area contributed by atoms with Crippen LogP contribution in [0.25, 0.3) is 0 Å². The second kappa shape index (κ2) is 4.61. The Morgan fingerprint density at radius 2 is 2.00 bits per heavy atom. The van der Waals surface area contributed by atoms with Crippen molar-refractivity contribution < 1.29 is 4.74 Å². The largest absolute Gasteiger partial charge is 0.376 e. The minimum atomic E-state index is 0.310. The van der Waals surface area contributed by atoms with Crippen molar-refractivity contribution in [2.24, 2.45) is 5.92 Å². The summed E-state index contributed by atoms with van der Waals surface area (Å²) in [6.45, 7) is 6.48. The summed E-state index contributed by atoms with van der Waals surface area (Å²) in [7, 11) is 1.81. The van der Waals surface area contributed by atoms with E-state index in [1.54, 1.807) is 0 Å². The van der Waals surface area contributed by atoms with Gasteiger partial charge in [0.05, 0.1) is 6.10 Å². The van der Waals surface area contributed by atoms with Crippen LogP contribution in [0.4, 0.5) is 0 Å². The molecule has 0 aromatic heterocycles. The predicted octanol–water partition coefficient (Wildman–Crippen LogP) is 3.32. The van der Waals surface area contributed by atoms with Crippen molar-refractivity contribution in [2.45, 2.75) is 39.7 Å². The number of methoxy groups -OCH3 is 1. The van der Waals surface area contributed by atoms with Gasteiger partial charge in [-0.05, 0) is 43.8 Å². The minimum Gasteiger partial charge on any atom is -0.376 e. The highest BCUT2D eigenvalue weighted by Gasteiger charge is 2.27. The van der Waals surface area contributed by atoms with E-state index < -0.39 is 0 Å². The first-order valence-corrected chi connectivity index (χ1v) is 5.09. The third-order valence-electron chi connectivity index (χ3n) is 2.98. The van der Waals surface area contributed by atoms with Gasteiger partial charge >= 0.3 is 0 Å². The molecule has 0 N–H and O–H groups in total. The molecular formula is C12H20O.